The molecule has 5 aliphatic heterocycles. The zero-order valence-electron chi connectivity index (χ0n) is 71.0. The average Bonchev–Trinajstić information content (AvgIpc) is 0.769. The van der Waals surface area contributed by atoms with E-state index in [0.29, 0.717) is 84.9 Å². The maximum atomic E-state index is 13.3. The number of hydrogen-bond acceptors (Lipinski definition) is 19. The molecular weight excluding hydrogens is 1690 g/mol. The molecule has 0 spiro atoms. The molecule has 0 atom stereocenters. The molecule has 5 aliphatic carbocycles. The van der Waals surface area contributed by atoms with E-state index in [-0.39, 0.29) is 67.7 Å². The highest BCUT2D eigenvalue weighted by molar-refractivity contribution is 6.14. The molecule has 6 heterocycles. The van der Waals surface area contributed by atoms with Gasteiger partial charge in [-0.25, -0.2) is 0 Å². The van der Waals surface area contributed by atoms with Gasteiger partial charge in [-0.2, -0.15) is 0 Å². The fraction of sp³-hybridized carbons (Fsp3) is 0.00885. The molecule has 0 bridgehead atoms. The van der Waals surface area contributed by atoms with Crippen molar-refractivity contribution < 1.29 is 57.2 Å². The van der Waals surface area contributed by atoms with Crippen molar-refractivity contribution in [2.45, 2.75) is 6.92 Å². The molecule has 23 rings (SSSR count). The molecule has 0 unspecified atom stereocenters. The van der Waals surface area contributed by atoms with Gasteiger partial charge in [0.05, 0.1) is 0 Å². The number of nitrogen functional groups attached to an aromatic ring is 1. The van der Waals surface area contributed by atoms with Crippen LogP contribution in [0, 0.1) is 6.92 Å². The van der Waals surface area contributed by atoms with E-state index in [9.17, 15) is 59.1 Å². The summed E-state index contributed by atoms with van der Waals surface area (Å²) in [7, 11) is 0. The van der Waals surface area contributed by atoms with Gasteiger partial charge in [-0.15, -0.1) is 0 Å². The number of hydrogen-bond donors (Lipinski definition) is 8. The van der Waals surface area contributed by atoms with Gasteiger partial charge >= 0.3 is 0 Å². The Morgan fingerprint density at radius 3 is 0.993 bits per heavy atom. The quantitative estimate of drug-likeness (QED) is 0.0491. The molecule has 0 fully saturated rings. The monoisotopic (exact) mass is 1760 g/mol. The van der Waals surface area contributed by atoms with Crippen molar-refractivity contribution in [1.82, 2.24) is 4.98 Å². The molecule has 134 heavy (non-hydrogen) atoms. The third kappa shape index (κ3) is 17.3. The van der Waals surface area contributed by atoms with Gasteiger partial charge in [0, 0.05) is 206 Å². The number of carbonyl (C=O) groups is 2. The number of carbonyl (C=O) groups excluding carboxylic acids is 2. The molecule has 0 saturated carbocycles. The van der Waals surface area contributed by atoms with Gasteiger partial charge in [0.15, 0.2) is 27.1 Å². The number of aromatic nitrogens is 1. The molecule has 0 radical (unpaired) electrons. The summed E-state index contributed by atoms with van der Waals surface area (Å²) in [5, 5.41) is 61.3. The van der Waals surface area contributed by atoms with E-state index >= 15 is 0 Å². The summed E-state index contributed by atoms with van der Waals surface area (Å²) in [6.45, 7) is 2.02. The van der Waals surface area contributed by atoms with Gasteiger partial charge in [-0.3, -0.25) is 38.5 Å². The molecule has 21 heteroatoms. The fourth-order valence-electron chi connectivity index (χ4n) is 16.8. The largest absolute Gasteiger partial charge is 0.508 e. The van der Waals surface area contributed by atoms with E-state index in [1.54, 1.807) is 109 Å². The third-order valence-electron chi connectivity index (χ3n) is 22.9. The Morgan fingerprint density at radius 1 is 0.276 bits per heavy atom. The zero-order chi connectivity index (χ0) is 92.4. The summed E-state index contributed by atoms with van der Waals surface area (Å²) in [6, 6.07) is 105. The minimum Gasteiger partial charge on any atom is -0.508 e. The first-order valence-electron chi connectivity index (χ1n) is 42.3. The molecule has 12 aromatic carbocycles. The van der Waals surface area contributed by atoms with Crippen LogP contribution in [0.5, 0.6) is 28.7 Å². The third-order valence-corrected chi connectivity index (χ3v) is 22.9. The summed E-state index contributed by atoms with van der Waals surface area (Å²) >= 11 is 0. The van der Waals surface area contributed by atoms with Crippen LogP contribution >= 0.6 is 0 Å². The second kappa shape index (κ2) is 36.2. The number of fused-ring (bicyclic) bond motifs is 11. The van der Waals surface area contributed by atoms with Gasteiger partial charge < -0.3 is 64.0 Å². The Bertz CT molecular complexity index is 8510. The van der Waals surface area contributed by atoms with Crippen LogP contribution in [-0.2, 0) is 0 Å². The lowest BCUT2D eigenvalue weighted by atomic mass is 9.92. The number of amides is 2. The van der Waals surface area contributed by atoms with E-state index in [1.807, 2.05) is 195 Å². The van der Waals surface area contributed by atoms with Crippen LogP contribution in [0.4, 0.5) is 17.1 Å². The van der Waals surface area contributed by atoms with Gasteiger partial charge in [-0.05, 0) is 199 Å². The normalized spacial score (nSPS) is 11.1. The Kier molecular flexibility index (Phi) is 22.9. The molecule has 9 N–H and O–H groups in total. The SMILES string of the molecule is Cc1ccncc1-c1c2ccc(=O)cc-2oc2cc(O)ccc12.Nc1ccccc1-c1c2ccc(=O)cc-2oc2cc(O)ccc12.O=C(Nc1ccccc1-c1c2ccc(=O)cc-2oc2cc(O)ccc12)c1ccc2ccccc2c1.O=C(Nc1ccccc1-c1c2ccc(=O)cc-2oc2cc(O)ccc12)c1ccccc1.O=c1ccc2c(-c3ccccc3)c3ccc(O)cc3oc-2c1. The standard InChI is InChI=1S/C30H19NO4.C26H17NO4.2C19H13NO3.C19H12O3/c32-21-11-13-24-27(16-21)35-28-17-22(33)12-14-25(28)29(24)23-7-3-4-8-26(23)31-30(34)20-10-9-18-5-1-2-6-19(18)15-20;28-17-10-12-20-23(14-17)31-24-15-18(29)11-13-21(24)25(20)19-8-4-5-9-22(19)27-26(30)16-6-2-1-3-7-16;1-11-6-7-20-10-16(11)19-14-4-2-12(21)8-17(14)23-18-9-13(22)3-5-15(18)19;20-16-4-2-1-3-13(16)19-14-7-5-11(21)9-17(14)23-18-10-12(22)6-8-15(18)19;20-13-6-8-15-17(10-13)22-18-11-14(21)7-9-16(18)19(15)12-4-2-1-3-5-12/h1-17,32H,(H,31,34);1-15,28H,(H,27,30);2-10,21H,1H3;1-10,21H,20H2;1-11,20H. The van der Waals surface area contributed by atoms with Crippen molar-refractivity contribution in [1.29, 1.82) is 0 Å². The van der Waals surface area contributed by atoms with E-state index < -0.39 is 0 Å². The minimum absolute atomic E-state index is 0.0581. The number of aromatic hydroxyl groups is 5. The van der Waals surface area contributed by atoms with E-state index in [0.717, 1.165) is 127 Å². The number of rotatable bonds is 9. The number of nitrogens with two attached hydrogens (primary N) is 1. The highest BCUT2D eigenvalue weighted by Crippen LogP contribution is 2.49. The smallest absolute Gasteiger partial charge is 0.255 e. The van der Waals surface area contributed by atoms with Crippen molar-refractivity contribution in [2.24, 2.45) is 0 Å². The summed E-state index contributed by atoms with van der Waals surface area (Å²) in [5.74, 6) is 2.32. The highest BCUT2D eigenvalue weighted by atomic mass is 16.4. The lowest BCUT2D eigenvalue weighted by Gasteiger charge is -2.18. The lowest BCUT2D eigenvalue weighted by Crippen LogP contribution is -2.12. The van der Waals surface area contributed by atoms with Gasteiger partial charge in [0.1, 0.15) is 85.5 Å². The second-order valence-corrected chi connectivity index (χ2v) is 31.6. The van der Waals surface area contributed by atoms with Crippen molar-refractivity contribution in [2.75, 3.05) is 16.4 Å². The first-order valence-corrected chi connectivity index (χ1v) is 42.3. The van der Waals surface area contributed by atoms with Crippen LogP contribution in [0.15, 0.2) is 422 Å². The van der Waals surface area contributed by atoms with E-state index in [2.05, 4.69) is 15.6 Å². The molecule has 648 valence electrons. The number of aryl methyl sites for hydroxylation is 1. The maximum Gasteiger partial charge on any atom is 0.255 e. The number of para-hydroxylation sites is 3. The number of nitrogens with zero attached hydrogens (tertiary/aromatic N) is 1. The van der Waals surface area contributed by atoms with Gasteiger partial charge in [0.25, 0.3) is 11.8 Å². The summed E-state index contributed by atoms with van der Waals surface area (Å²) in [5.41, 5.74) is 24.9. The Morgan fingerprint density at radius 2 is 0.597 bits per heavy atom. The predicted molar refractivity (Wildman–Crippen MR) is 524 cm³/mol. The van der Waals surface area contributed by atoms with Crippen LogP contribution in [0.25, 0.3) is 178 Å². The Balaban J connectivity index is 0.000000109. The van der Waals surface area contributed by atoms with Crippen molar-refractivity contribution in [3.8, 4) is 141 Å². The number of nitrogens with one attached hydrogen (secondary N) is 2. The molecule has 13 aromatic rings. The molecular formula is C113H74N4O17. The topological polar surface area (TPSA) is 349 Å². The van der Waals surface area contributed by atoms with Crippen LogP contribution in [0.3, 0.4) is 0 Å². The fourth-order valence-corrected chi connectivity index (χ4v) is 16.8. The van der Waals surface area contributed by atoms with Crippen LogP contribution in [-0.4, -0.2) is 42.3 Å². The highest BCUT2D eigenvalue weighted by Gasteiger charge is 2.27. The average molecular weight is 1760 g/mol. The number of phenolic OH excluding ortho intramolecular Hbond substituents is 5. The molecule has 1 aromatic heterocycles. The Hall–Kier alpha value is -18.8. The van der Waals surface area contributed by atoms with Crippen LogP contribution in [0.1, 0.15) is 26.3 Å². The van der Waals surface area contributed by atoms with Crippen molar-refractivity contribution >= 4 is 94.5 Å². The zero-order valence-corrected chi connectivity index (χ0v) is 71.0. The first-order chi connectivity index (χ1) is 65.1. The maximum absolute atomic E-state index is 13.3. The number of anilines is 3. The molecule has 21 nitrogen and oxygen atoms in total. The van der Waals surface area contributed by atoms with Crippen LogP contribution < -0.4 is 43.5 Å². The minimum atomic E-state index is -0.225. The first kappa shape index (κ1) is 84.7. The van der Waals surface area contributed by atoms with Crippen molar-refractivity contribution in [3.63, 3.8) is 0 Å². The number of benzene rings is 17. The number of pyridine rings is 1. The molecule has 0 saturated heterocycles. The predicted octanol–water partition coefficient (Wildman–Crippen LogP) is 24.3. The number of phenols is 5. The van der Waals surface area contributed by atoms with E-state index in [4.69, 9.17) is 27.8 Å². The Labute approximate surface area is 760 Å². The molecule has 10 aliphatic rings. The second-order valence-electron chi connectivity index (χ2n) is 31.6. The summed E-state index contributed by atoms with van der Waals surface area (Å²) in [4.78, 5) is 89.2. The van der Waals surface area contributed by atoms with Crippen LogP contribution in [0.2, 0.25) is 0 Å². The van der Waals surface area contributed by atoms with Gasteiger partial charge in [-0.1, -0.05) is 133 Å². The lowest BCUT2D eigenvalue weighted by molar-refractivity contribution is 0.101. The van der Waals surface area contributed by atoms with E-state index in [1.165, 1.54) is 78.9 Å². The van der Waals surface area contributed by atoms with Gasteiger partial charge in [0.2, 0.25) is 0 Å². The summed E-state index contributed by atoms with van der Waals surface area (Å²) in [6.07, 6.45) is 3.56. The van der Waals surface area contributed by atoms with Crippen molar-refractivity contribution in [3.05, 3.63) is 444 Å². The summed E-state index contributed by atoms with van der Waals surface area (Å²) < 4.78 is 29.3. The molecule has 2 amide bonds.